The minimum absolute atomic E-state index is 0.00298. The van der Waals surface area contributed by atoms with Crippen molar-refractivity contribution in [2.75, 3.05) is 13.1 Å². The number of nitrogens with one attached hydrogen (secondary N) is 3. The van der Waals surface area contributed by atoms with Crippen molar-refractivity contribution in [1.29, 1.82) is 0 Å². The Morgan fingerprint density at radius 3 is 2.36 bits per heavy atom. The van der Waals surface area contributed by atoms with Gasteiger partial charge in [0.05, 0.1) is 34.6 Å². The topological polar surface area (TPSA) is 178 Å². The molecular formula is C33H44FN5O7S. The summed E-state index contributed by atoms with van der Waals surface area (Å²) in [5, 5.41) is 27.6. The molecule has 47 heavy (non-hydrogen) atoms. The summed E-state index contributed by atoms with van der Waals surface area (Å²) in [6, 6.07) is 4.33. The highest BCUT2D eigenvalue weighted by atomic mass is 32.1. The second kappa shape index (κ2) is 14.9. The van der Waals surface area contributed by atoms with Gasteiger partial charge in [0.15, 0.2) is 5.67 Å². The molecule has 12 nitrogen and oxygen atoms in total. The molecule has 1 aromatic heterocycles. The quantitative estimate of drug-likeness (QED) is 0.190. The number of likely N-dealkylation sites (tertiary alicyclic amines) is 1. The SMILES string of the molecule is Cc1ncsc1-c1ccc(C(CC(=O)NCCCCC(=O)O)NC(=O)[C@@H]2C[C@@H](O)CN2C(=O)C(NC(=O)C2(F)CC2)C(C)(C)C)cc1. The number of nitrogens with zero attached hydrogens (tertiary/aromatic N) is 2. The Kier molecular flexibility index (Phi) is 11.4. The van der Waals surface area contributed by atoms with Crippen LogP contribution in [0.25, 0.3) is 10.4 Å². The normalized spacial score (nSPS) is 19.8. The molecule has 1 aliphatic heterocycles. The Bertz CT molecular complexity index is 1470. The average Bonchev–Trinajstić information content (AvgIpc) is 3.41. The van der Waals surface area contributed by atoms with Crippen molar-refractivity contribution in [2.24, 2.45) is 5.41 Å². The molecule has 2 unspecified atom stereocenters. The van der Waals surface area contributed by atoms with Gasteiger partial charge in [-0.15, -0.1) is 11.3 Å². The smallest absolute Gasteiger partial charge is 0.303 e. The van der Waals surface area contributed by atoms with Crippen LogP contribution in [0, 0.1) is 12.3 Å². The summed E-state index contributed by atoms with van der Waals surface area (Å²) in [6.07, 6.45) is -0.144. The Morgan fingerprint density at radius 1 is 1.11 bits per heavy atom. The minimum atomic E-state index is -2.00. The fourth-order valence-electron chi connectivity index (χ4n) is 5.57. The molecule has 0 radical (unpaired) electrons. The van der Waals surface area contributed by atoms with Crippen molar-refractivity contribution in [3.63, 3.8) is 0 Å². The number of hydrogen-bond acceptors (Lipinski definition) is 8. The molecule has 0 spiro atoms. The number of carbonyl (C=O) groups excluding carboxylic acids is 4. The maximum absolute atomic E-state index is 14.5. The first kappa shape index (κ1) is 35.9. The number of aliphatic hydroxyl groups is 1. The number of hydrogen-bond donors (Lipinski definition) is 5. The van der Waals surface area contributed by atoms with Crippen molar-refractivity contribution in [1.82, 2.24) is 25.8 Å². The Hall–Kier alpha value is -3.91. The van der Waals surface area contributed by atoms with E-state index in [0.29, 0.717) is 18.4 Å². The molecule has 1 aliphatic carbocycles. The van der Waals surface area contributed by atoms with Crippen LogP contribution >= 0.6 is 11.3 Å². The molecule has 14 heteroatoms. The zero-order chi connectivity index (χ0) is 34.5. The van der Waals surface area contributed by atoms with E-state index in [-0.39, 0.29) is 51.1 Å². The molecule has 4 atom stereocenters. The third-order valence-corrected chi connectivity index (χ3v) is 9.49. The number of amides is 4. The second-order valence-electron chi connectivity index (χ2n) is 13.5. The first-order valence-electron chi connectivity index (χ1n) is 15.9. The van der Waals surface area contributed by atoms with Crippen LogP contribution in [0.4, 0.5) is 4.39 Å². The number of carboxylic acids is 1. The number of aliphatic carboxylic acids is 1. The summed E-state index contributed by atoms with van der Waals surface area (Å²) in [7, 11) is 0. The molecule has 1 saturated carbocycles. The summed E-state index contributed by atoms with van der Waals surface area (Å²) in [6.45, 7) is 7.21. The van der Waals surface area contributed by atoms with E-state index < -0.39 is 59.0 Å². The van der Waals surface area contributed by atoms with Gasteiger partial charge in [0.25, 0.3) is 5.91 Å². The van der Waals surface area contributed by atoms with Gasteiger partial charge < -0.3 is 31.1 Å². The van der Waals surface area contributed by atoms with Crippen molar-refractivity contribution in [3.05, 3.63) is 41.0 Å². The lowest BCUT2D eigenvalue weighted by molar-refractivity contribution is -0.145. The molecule has 2 aromatic rings. The predicted molar refractivity (Wildman–Crippen MR) is 173 cm³/mol. The number of carbonyl (C=O) groups is 5. The van der Waals surface area contributed by atoms with E-state index >= 15 is 0 Å². The number of halogens is 1. The molecule has 2 aliphatic rings. The molecule has 4 rings (SSSR count). The average molecular weight is 674 g/mol. The standard InChI is InChI=1S/C33H44FN5O7S/c1-19-27(47-18-36-19)21-10-8-20(9-11-21)23(16-25(41)35-14-6-5-7-26(42)43)37-29(44)24-15-22(40)17-39(24)30(45)28(32(2,3)4)38-31(46)33(34)12-13-33/h8-11,18,22-24,28,40H,5-7,12-17H2,1-4H3,(H,35,41)(H,37,44)(H,38,46)(H,42,43)/t22-,23?,24+,28?/m1/s1. The van der Waals surface area contributed by atoms with E-state index in [1.807, 2.05) is 31.2 Å². The van der Waals surface area contributed by atoms with Gasteiger partial charge in [0, 0.05) is 25.9 Å². The third kappa shape index (κ3) is 9.34. The van der Waals surface area contributed by atoms with Gasteiger partial charge in [-0.05, 0) is 49.1 Å². The van der Waals surface area contributed by atoms with Gasteiger partial charge in [0.1, 0.15) is 12.1 Å². The molecule has 4 amide bonds. The van der Waals surface area contributed by atoms with Gasteiger partial charge in [-0.1, -0.05) is 45.0 Å². The molecule has 2 fully saturated rings. The van der Waals surface area contributed by atoms with E-state index in [9.17, 15) is 33.5 Å². The molecule has 5 N–H and O–H groups in total. The Labute approximate surface area is 277 Å². The summed E-state index contributed by atoms with van der Waals surface area (Å²) in [5.74, 6) is -3.32. The highest BCUT2D eigenvalue weighted by Gasteiger charge is 2.53. The van der Waals surface area contributed by atoms with E-state index in [4.69, 9.17) is 5.11 Å². The van der Waals surface area contributed by atoms with Crippen LogP contribution < -0.4 is 16.0 Å². The lowest BCUT2D eigenvalue weighted by atomic mass is 9.85. The van der Waals surface area contributed by atoms with Crippen LogP contribution in [0.3, 0.4) is 0 Å². The Morgan fingerprint density at radius 2 is 1.79 bits per heavy atom. The first-order valence-corrected chi connectivity index (χ1v) is 16.7. The second-order valence-corrected chi connectivity index (χ2v) is 14.3. The van der Waals surface area contributed by atoms with E-state index in [1.54, 1.807) is 26.3 Å². The fourth-order valence-corrected chi connectivity index (χ4v) is 6.38. The van der Waals surface area contributed by atoms with Gasteiger partial charge in [-0.3, -0.25) is 24.0 Å². The molecule has 2 heterocycles. The van der Waals surface area contributed by atoms with Gasteiger partial charge >= 0.3 is 5.97 Å². The van der Waals surface area contributed by atoms with Crippen LogP contribution in [-0.2, 0) is 24.0 Å². The van der Waals surface area contributed by atoms with E-state index in [1.165, 1.54) is 16.2 Å². The molecule has 1 saturated heterocycles. The lowest BCUT2D eigenvalue weighted by Gasteiger charge is -2.36. The fraction of sp³-hybridized carbons (Fsp3) is 0.576. The van der Waals surface area contributed by atoms with Crippen LogP contribution in [0.5, 0.6) is 0 Å². The highest BCUT2D eigenvalue weighted by molar-refractivity contribution is 7.13. The number of aryl methyl sites for hydroxylation is 1. The van der Waals surface area contributed by atoms with Crippen molar-refractivity contribution in [3.8, 4) is 10.4 Å². The zero-order valence-electron chi connectivity index (χ0n) is 27.2. The van der Waals surface area contributed by atoms with Gasteiger partial charge in [-0.2, -0.15) is 0 Å². The number of β-amino-alcohol motifs (C(OH)–C–C–N with tert-alkyl or cyclic N) is 1. The number of aliphatic hydroxyl groups excluding tert-OH is 1. The van der Waals surface area contributed by atoms with Gasteiger partial charge in [-0.25, -0.2) is 9.37 Å². The van der Waals surface area contributed by atoms with Crippen molar-refractivity contribution in [2.45, 2.75) is 103 Å². The largest absolute Gasteiger partial charge is 0.481 e. The number of unbranched alkanes of at least 4 members (excludes halogenated alkanes) is 1. The Balaban J connectivity index is 1.52. The molecule has 1 aromatic carbocycles. The number of alkyl halides is 1. The summed E-state index contributed by atoms with van der Waals surface area (Å²) < 4.78 is 14.5. The van der Waals surface area contributed by atoms with Crippen LogP contribution in [-0.4, -0.2) is 86.6 Å². The van der Waals surface area contributed by atoms with E-state index in [2.05, 4.69) is 20.9 Å². The van der Waals surface area contributed by atoms with Crippen molar-refractivity contribution >= 4 is 40.9 Å². The van der Waals surface area contributed by atoms with Crippen LogP contribution in [0.15, 0.2) is 29.8 Å². The van der Waals surface area contributed by atoms with Gasteiger partial charge in [0.2, 0.25) is 17.7 Å². The molecular weight excluding hydrogens is 629 g/mol. The number of carboxylic acid groups (broad SMARTS) is 1. The highest BCUT2D eigenvalue weighted by Crippen LogP contribution is 2.40. The van der Waals surface area contributed by atoms with E-state index in [0.717, 1.165) is 16.1 Å². The monoisotopic (exact) mass is 673 g/mol. The molecule has 256 valence electrons. The summed E-state index contributed by atoms with van der Waals surface area (Å²) in [5.41, 5.74) is 1.37. The predicted octanol–water partition coefficient (Wildman–Crippen LogP) is 3.03. The zero-order valence-corrected chi connectivity index (χ0v) is 28.0. The maximum atomic E-state index is 14.5. The summed E-state index contributed by atoms with van der Waals surface area (Å²) >= 11 is 1.50. The number of rotatable bonds is 14. The lowest BCUT2D eigenvalue weighted by Crippen LogP contribution is -2.59. The number of thiazole rings is 1. The van der Waals surface area contributed by atoms with Crippen LogP contribution in [0.2, 0.25) is 0 Å². The van der Waals surface area contributed by atoms with Crippen molar-refractivity contribution < 1.29 is 38.6 Å². The summed E-state index contributed by atoms with van der Waals surface area (Å²) in [4.78, 5) is 70.6. The minimum Gasteiger partial charge on any atom is -0.481 e. The van der Waals surface area contributed by atoms with Crippen LogP contribution in [0.1, 0.15) is 83.0 Å². The first-order chi connectivity index (χ1) is 22.1. The maximum Gasteiger partial charge on any atom is 0.303 e. The number of benzene rings is 1. The molecule has 0 bridgehead atoms. The number of aromatic nitrogens is 1. The third-order valence-electron chi connectivity index (χ3n) is 8.52.